The second-order valence-corrected chi connectivity index (χ2v) is 3.17. The van der Waals surface area contributed by atoms with E-state index in [9.17, 15) is 4.79 Å². The molecule has 0 aromatic rings. The fraction of sp³-hybridized carbons (Fsp3) is 0.556. The van der Waals surface area contributed by atoms with Gasteiger partial charge >= 0.3 is 0 Å². The van der Waals surface area contributed by atoms with E-state index >= 15 is 0 Å². The SMILES string of the molecule is CC(C)C(=O)/C=C/C1CNC=N1. The highest BCUT2D eigenvalue weighted by Gasteiger charge is 2.07. The molecule has 3 nitrogen and oxygen atoms in total. The predicted octanol–water partition coefficient (Wildman–Crippen LogP) is 0.768. The number of nitrogens with one attached hydrogen (secondary N) is 1. The van der Waals surface area contributed by atoms with Gasteiger partial charge in [-0.05, 0) is 6.08 Å². The van der Waals surface area contributed by atoms with Crippen LogP contribution in [0.2, 0.25) is 0 Å². The van der Waals surface area contributed by atoms with Crippen LogP contribution in [0, 0.1) is 5.92 Å². The first kappa shape index (κ1) is 8.97. The lowest BCUT2D eigenvalue weighted by Gasteiger charge is -1.99. The van der Waals surface area contributed by atoms with Crippen LogP contribution < -0.4 is 5.32 Å². The average molecular weight is 166 g/mol. The molecule has 0 aliphatic carbocycles. The van der Waals surface area contributed by atoms with Crippen molar-refractivity contribution < 1.29 is 4.79 Å². The fourth-order valence-corrected chi connectivity index (χ4v) is 0.891. The Labute approximate surface area is 72.6 Å². The summed E-state index contributed by atoms with van der Waals surface area (Å²) >= 11 is 0. The summed E-state index contributed by atoms with van der Waals surface area (Å²) in [6, 6.07) is 0.146. The normalized spacial score (nSPS) is 22.1. The lowest BCUT2D eigenvalue weighted by atomic mass is 10.1. The molecule has 0 saturated heterocycles. The number of hydrogen-bond donors (Lipinski definition) is 1. The van der Waals surface area contributed by atoms with Crippen molar-refractivity contribution in [2.75, 3.05) is 6.54 Å². The molecule has 0 aromatic carbocycles. The van der Waals surface area contributed by atoms with Crippen LogP contribution in [-0.4, -0.2) is 24.7 Å². The molecule has 1 aliphatic heterocycles. The highest BCUT2D eigenvalue weighted by Crippen LogP contribution is 1.99. The van der Waals surface area contributed by atoms with Crippen LogP contribution in [-0.2, 0) is 4.79 Å². The minimum atomic E-state index is 0.0830. The Hall–Kier alpha value is -1.12. The quantitative estimate of drug-likeness (QED) is 0.629. The summed E-state index contributed by atoms with van der Waals surface area (Å²) < 4.78 is 0. The minimum Gasteiger partial charge on any atom is -0.374 e. The van der Waals surface area contributed by atoms with Crippen molar-refractivity contribution in [1.82, 2.24) is 5.32 Å². The van der Waals surface area contributed by atoms with Gasteiger partial charge in [-0.25, -0.2) is 0 Å². The van der Waals surface area contributed by atoms with Crippen LogP contribution in [0.4, 0.5) is 0 Å². The van der Waals surface area contributed by atoms with E-state index < -0.39 is 0 Å². The number of ketones is 1. The van der Waals surface area contributed by atoms with E-state index in [4.69, 9.17) is 0 Å². The van der Waals surface area contributed by atoms with E-state index in [0.29, 0.717) is 0 Å². The molecule has 12 heavy (non-hydrogen) atoms. The van der Waals surface area contributed by atoms with Crippen LogP contribution in [0.1, 0.15) is 13.8 Å². The standard InChI is InChI=1S/C9H14N2O/c1-7(2)9(12)4-3-8-5-10-6-11-8/h3-4,6-8H,5H2,1-2H3,(H,10,11)/b4-3+. The van der Waals surface area contributed by atoms with Gasteiger partial charge in [-0.15, -0.1) is 0 Å². The molecule has 0 bridgehead atoms. The third-order valence-electron chi connectivity index (χ3n) is 1.74. The first-order chi connectivity index (χ1) is 5.70. The van der Waals surface area contributed by atoms with E-state index in [0.717, 1.165) is 6.54 Å². The van der Waals surface area contributed by atoms with Crippen LogP contribution >= 0.6 is 0 Å². The van der Waals surface area contributed by atoms with Gasteiger partial charge in [0.2, 0.25) is 0 Å². The van der Waals surface area contributed by atoms with Gasteiger partial charge in [-0.3, -0.25) is 9.79 Å². The summed E-state index contributed by atoms with van der Waals surface area (Å²) in [7, 11) is 0. The van der Waals surface area contributed by atoms with E-state index in [-0.39, 0.29) is 17.7 Å². The van der Waals surface area contributed by atoms with Gasteiger partial charge in [0.05, 0.1) is 12.4 Å². The van der Waals surface area contributed by atoms with E-state index in [2.05, 4.69) is 10.3 Å². The average Bonchev–Trinajstić information content (AvgIpc) is 2.51. The molecular weight excluding hydrogens is 152 g/mol. The molecule has 1 N–H and O–H groups in total. The zero-order valence-electron chi connectivity index (χ0n) is 7.45. The fourth-order valence-electron chi connectivity index (χ4n) is 0.891. The molecule has 3 heteroatoms. The van der Waals surface area contributed by atoms with Gasteiger partial charge in [-0.1, -0.05) is 19.9 Å². The molecular formula is C9H14N2O. The predicted molar refractivity (Wildman–Crippen MR) is 49.3 cm³/mol. The minimum absolute atomic E-state index is 0.0830. The number of carbonyl (C=O) groups is 1. The van der Waals surface area contributed by atoms with Gasteiger partial charge in [0.25, 0.3) is 0 Å². The summed E-state index contributed by atoms with van der Waals surface area (Å²) in [5, 5.41) is 2.97. The number of carbonyl (C=O) groups excluding carboxylic acids is 1. The smallest absolute Gasteiger partial charge is 0.157 e. The van der Waals surface area contributed by atoms with Crippen LogP contribution in [0.5, 0.6) is 0 Å². The first-order valence-electron chi connectivity index (χ1n) is 4.17. The molecule has 1 unspecified atom stereocenters. The molecule has 0 saturated carbocycles. The maximum atomic E-state index is 11.1. The van der Waals surface area contributed by atoms with E-state index in [1.807, 2.05) is 19.9 Å². The van der Waals surface area contributed by atoms with Crippen molar-refractivity contribution in [3.8, 4) is 0 Å². The maximum absolute atomic E-state index is 11.1. The monoisotopic (exact) mass is 166 g/mol. The Balaban J connectivity index is 2.38. The molecule has 1 heterocycles. The summed E-state index contributed by atoms with van der Waals surface area (Å²) in [6.45, 7) is 4.59. The number of allylic oxidation sites excluding steroid dienone is 1. The molecule has 0 spiro atoms. The third kappa shape index (κ3) is 2.49. The van der Waals surface area contributed by atoms with Crippen molar-refractivity contribution in [1.29, 1.82) is 0 Å². The van der Waals surface area contributed by atoms with Gasteiger partial charge in [-0.2, -0.15) is 0 Å². The van der Waals surface area contributed by atoms with Crippen LogP contribution in [0.15, 0.2) is 17.1 Å². The largest absolute Gasteiger partial charge is 0.374 e. The lowest BCUT2D eigenvalue weighted by molar-refractivity contribution is -0.117. The van der Waals surface area contributed by atoms with Gasteiger partial charge < -0.3 is 5.32 Å². The van der Waals surface area contributed by atoms with Crippen molar-refractivity contribution in [2.24, 2.45) is 10.9 Å². The topological polar surface area (TPSA) is 41.5 Å². The van der Waals surface area contributed by atoms with E-state index in [1.165, 1.54) is 0 Å². The Kier molecular flexibility index (Phi) is 3.02. The zero-order chi connectivity index (χ0) is 8.97. The molecule has 1 atom stereocenters. The summed E-state index contributed by atoms with van der Waals surface area (Å²) in [4.78, 5) is 15.2. The Morgan fingerprint density at radius 1 is 1.75 bits per heavy atom. The van der Waals surface area contributed by atoms with Crippen molar-refractivity contribution in [2.45, 2.75) is 19.9 Å². The second kappa shape index (κ2) is 4.04. The summed E-state index contributed by atoms with van der Waals surface area (Å²) in [5.41, 5.74) is 0. The van der Waals surface area contributed by atoms with Crippen LogP contribution in [0.25, 0.3) is 0 Å². The van der Waals surface area contributed by atoms with Crippen LogP contribution in [0.3, 0.4) is 0 Å². The molecule has 0 radical (unpaired) electrons. The molecule has 0 fully saturated rings. The van der Waals surface area contributed by atoms with Crippen molar-refractivity contribution in [3.63, 3.8) is 0 Å². The molecule has 1 aliphatic rings. The number of hydrogen-bond acceptors (Lipinski definition) is 3. The zero-order valence-corrected chi connectivity index (χ0v) is 7.45. The number of nitrogens with zero attached hydrogens (tertiary/aromatic N) is 1. The Morgan fingerprint density at radius 2 is 2.50 bits per heavy atom. The first-order valence-corrected chi connectivity index (χ1v) is 4.17. The molecule has 0 aromatic heterocycles. The van der Waals surface area contributed by atoms with Gasteiger partial charge in [0, 0.05) is 12.5 Å². The van der Waals surface area contributed by atoms with Gasteiger partial charge in [0.15, 0.2) is 5.78 Å². The van der Waals surface area contributed by atoms with Crippen molar-refractivity contribution >= 4 is 12.1 Å². The van der Waals surface area contributed by atoms with Gasteiger partial charge in [0.1, 0.15) is 0 Å². The Bertz CT molecular complexity index is 219. The Morgan fingerprint density at radius 3 is 3.00 bits per heavy atom. The highest BCUT2D eigenvalue weighted by atomic mass is 16.1. The number of aliphatic imine (C=N–C) groups is 1. The molecule has 66 valence electrons. The maximum Gasteiger partial charge on any atom is 0.157 e. The summed E-state index contributed by atoms with van der Waals surface area (Å²) in [5.74, 6) is 0.247. The highest BCUT2D eigenvalue weighted by molar-refractivity contribution is 5.91. The lowest BCUT2D eigenvalue weighted by Crippen LogP contribution is -2.13. The molecule has 1 rings (SSSR count). The molecule has 0 amide bonds. The second-order valence-electron chi connectivity index (χ2n) is 3.17. The summed E-state index contributed by atoms with van der Waals surface area (Å²) in [6.07, 6.45) is 5.15. The number of rotatable bonds is 3. The third-order valence-corrected chi connectivity index (χ3v) is 1.74. The van der Waals surface area contributed by atoms with Crippen molar-refractivity contribution in [3.05, 3.63) is 12.2 Å². The van der Waals surface area contributed by atoms with E-state index in [1.54, 1.807) is 12.4 Å².